The summed E-state index contributed by atoms with van der Waals surface area (Å²) in [5.41, 5.74) is 3.99. The molecule has 0 aliphatic heterocycles. The van der Waals surface area contributed by atoms with Gasteiger partial charge in [-0.3, -0.25) is 0 Å². The van der Waals surface area contributed by atoms with Crippen LogP contribution in [0, 0.1) is 0 Å². The van der Waals surface area contributed by atoms with E-state index in [1.807, 2.05) is 24.3 Å². The normalized spacial score (nSPS) is 10.4. The number of aromatic amines is 1. The van der Waals surface area contributed by atoms with E-state index in [0.29, 0.717) is 0 Å². The van der Waals surface area contributed by atoms with E-state index in [2.05, 4.69) is 20.8 Å². The van der Waals surface area contributed by atoms with Gasteiger partial charge in [-0.1, -0.05) is 18.2 Å². The zero-order valence-electron chi connectivity index (χ0n) is 9.05. The number of rotatable bonds is 3. The van der Waals surface area contributed by atoms with Crippen molar-refractivity contribution < 1.29 is 4.79 Å². The Labute approximate surface area is 98.6 Å². The Kier molecular flexibility index (Phi) is 3.54. The van der Waals surface area contributed by atoms with Gasteiger partial charge in [-0.25, -0.2) is 10.2 Å². The summed E-state index contributed by atoms with van der Waals surface area (Å²) < 4.78 is 0. The van der Waals surface area contributed by atoms with E-state index in [0.717, 1.165) is 11.3 Å². The topological polar surface area (TPSA) is 69.3 Å². The van der Waals surface area contributed by atoms with Crippen LogP contribution in [0.3, 0.4) is 0 Å². The molecule has 17 heavy (non-hydrogen) atoms. The van der Waals surface area contributed by atoms with Gasteiger partial charge in [0.1, 0.15) is 0 Å². The molecule has 0 atom stereocenters. The number of para-hydroxylation sites is 1. The zero-order valence-corrected chi connectivity index (χ0v) is 9.05. The summed E-state index contributed by atoms with van der Waals surface area (Å²) in [5, 5.41) is 6.45. The molecule has 0 radical (unpaired) electrons. The summed E-state index contributed by atoms with van der Waals surface area (Å²) in [6.45, 7) is 0. The maximum absolute atomic E-state index is 11.4. The fourth-order valence-corrected chi connectivity index (χ4v) is 1.26. The smallest absolute Gasteiger partial charge is 0.339 e. The standard InChI is InChI=1S/C12H12N4O/c17-12(15-11-4-2-1-3-5-11)16-14-9-10-6-7-13-8-10/h1-9,13H,(H2,15,16,17)/b14-9+. The lowest BCUT2D eigenvalue weighted by molar-refractivity contribution is 0.252. The number of hydrogen-bond acceptors (Lipinski definition) is 2. The van der Waals surface area contributed by atoms with Crippen molar-refractivity contribution >= 4 is 17.9 Å². The van der Waals surface area contributed by atoms with Crippen LogP contribution >= 0.6 is 0 Å². The maximum Gasteiger partial charge on any atom is 0.339 e. The van der Waals surface area contributed by atoms with Crippen LogP contribution in [0.25, 0.3) is 0 Å². The van der Waals surface area contributed by atoms with Crippen molar-refractivity contribution in [1.29, 1.82) is 0 Å². The Hall–Kier alpha value is -2.56. The van der Waals surface area contributed by atoms with Gasteiger partial charge < -0.3 is 10.3 Å². The highest BCUT2D eigenvalue weighted by Crippen LogP contribution is 2.03. The molecule has 0 saturated heterocycles. The second kappa shape index (κ2) is 5.50. The molecule has 2 rings (SSSR count). The van der Waals surface area contributed by atoms with Crippen LogP contribution in [-0.4, -0.2) is 17.2 Å². The Morgan fingerprint density at radius 2 is 2.06 bits per heavy atom. The molecule has 0 aliphatic rings. The highest BCUT2D eigenvalue weighted by atomic mass is 16.2. The van der Waals surface area contributed by atoms with Crippen molar-refractivity contribution in [3.8, 4) is 0 Å². The summed E-state index contributed by atoms with van der Waals surface area (Å²) >= 11 is 0. The predicted molar refractivity (Wildman–Crippen MR) is 67.0 cm³/mol. The highest BCUT2D eigenvalue weighted by Gasteiger charge is 1.97. The number of hydrogen-bond donors (Lipinski definition) is 3. The second-order valence-electron chi connectivity index (χ2n) is 3.33. The molecule has 1 aromatic carbocycles. The number of benzene rings is 1. The third kappa shape index (κ3) is 3.49. The molecule has 5 heteroatoms. The molecule has 1 aromatic heterocycles. The number of nitrogens with one attached hydrogen (secondary N) is 3. The van der Waals surface area contributed by atoms with Gasteiger partial charge in [-0.05, 0) is 18.2 Å². The molecule has 3 N–H and O–H groups in total. The van der Waals surface area contributed by atoms with E-state index in [4.69, 9.17) is 0 Å². The molecule has 2 amide bonds. The molecular weight excluding hydrogens is 216 g/mol. The zero-order chi connectivity index (χ0) is 11.9. The quantitative estimate of drug-likeness (QED) is 0.547. The number of amides is 2. The number of hydrazone groups is 1. The summed E-state index contributed by atoms with van der Waals surface area (Å²) in [5.74, 6) is 0. The minimum absolute atomic E-state index is 0.372. The number of carbonyl (C=O) groups excluding carboxylic acids is 1. The molecule has 0 aliphatic carbocycles. The van der Waals surface area contributed by atoms with E-state index >= 15 is 0 Å². The lowest BCUT2D eigenvalue weighted by atomic mass is 10.3. The largest absolute Gasteiger partial charge is 0.367 e. The van der Waals surface area contributed by atoms with Crippen molar-refractivity contribution in [2.24, 2.45) is 5.10 Å². The highest BCUT2D eigenvalue weighted by molar-refractivity contribution is 5.90. The van der Waals surface area contributed by atoms with Crippen molar-refractivity contribution in [2.75, 3.05) is 5.32 Å². The number of urea groups is 1. The molecule has 1 heterocycles. The van der Waals surface area contributed by atoms with E-state index in [9.17, 15) is 4.79 Å². The van der Waals surface area contributed by atoms with Crippen LogP contribution in [0.5, 0.6) is 0 Å². The van der Waals surface area contributed by atoms with Crippen LogP contribution in [-0.2, 0) is 0 Å². The lowest BCUT2D eigenvalue weighted by Crippen LogP contribution is -2.24. The van der Waals surface area contributed by atoms with Crippen LogP contribution < -0.4 is 10.7 Å². The molecule has 2 aromatic rings. The van der Waals surface area contributed by atoms with Gasteiger partial charge in [0.15, 0.2) is 0 Å². The summed E-state index contributed by atoms with van der Waals surface area (Å²) in [6, 6.07) is 10.7. The summed E-state index contributed by atoms with van der Waals surface area (Å²) in [4.78, 5) is 14.3. The van der Waals surface area contributed by atoms with E-state index in [1.54, 1.807) is 30.7 Å². The van der Waals surface area contributed by atoms with Crippen molar-refractivity contribution in [3.63, 3.8) is 0 Å². The third-order valence-electron chi connectivity index (χ3n) is 2.03. The molecule has 86 valence electrons. The van der Waals surface area contributed by atoms with Gasteiger partial charge in [-0.15, -0.1) is 0 Å². The van der Waals surface area contributed by atoms with Crippen LogP contribution in [0.2, 0.25) is 0 Å². The van der Waals surface area contributed by atoms with E-state index < -0.39 is 0 Å². The van der Waals surface area contributed by atoms with Crippen molar-refractivity contribution in [2.45, 2.75) is 0 Å². The first kappa shape index (κ1) is 10.9. The van der Waals surface area contributed by atoms with Gasteiger partial charge in [0, 0.05) is 23.6 Å². The first-order valence-electron chi connectivity index (χ1n) is 5.12. The third-order valence-corrected chi connectivity index (χ3v) is 2.03. The minimum Gasteiger partial charge on any atom is -0.367 e. The Bertz CT molecular complexity index is 490. The van der Waals surface area contributed by atoms with Gasteiger partial charge >= 0.3 is 6.03 Å². The molecule has 0 unspecified atom stereocenters. The molecule has 0 saturated carbocycles. The van der Waals surface area contributed by atoms with E-state index in [-0.39, 0.29) is 6.03 Å². The average Bonchev–Trinajstić information content (AvgIpc) is 2.83. The number of aromatic nitrogens is 1. The summed E-state index contributed by atoms with van der Waals surface area (Å²) in [7, 11) is 0. The predicted octanol–water partition coefficient (Wildman–Crippen LogP) is 2.17. The van der Waals surface area contributed by atoms with E-state index in [1.165, 1.54) is 0 Å². The number of anilines is 1. The van der Waals surface area contributed by atoms with Crippen molar-refractivity contribution in [3.05, 3.63) is 54.4 Å². The van der Waals surface area contributed by atoms with Crippen LogP contribution in [0.15, 0.2) is 53.9 Å². The van der Waals surface area contributed by atoms with Gasteiger partial charge in [-0.2, -0.15) is 5.10 Å². The maximum atomic E-state index is 11.4. The van der Waals surface area contributed by atoms with Crippen LogP contribution in [0.4, 0.5) is 10.5 Å². The molecular formula is C12H12N4O. The monoisotopic (exact) mass is 228 g/mol. The molecule has 0 bridgehead atoms. The lowest BCUT2D eigenvalue weighted by Gasteiger charge is -2.02. The number of carbonyl (C=O) groups is 1. The molecule has 0 spiro atoms. The fourth-order valence-electron chi connectivity index (χ4n) is 1.26. The van der Waals surface area contributed by atoms with Crippen molar-refractivity contribution in [1.82, 2.24) is 10.4 Å². The Balaban J connectivity index is 1.82. The average molecular weight is 228 g/mol. The number of H-pyrrole nitrogens is 1. The van der Waals surface area contributed by atoms with Gasteiger partial charge in [0.05, 0.1) is 6.21 Å². The van der Waals surface area contributed by atoms with Gasteiger partial charge in [0.25, 0.3) is 0 Å². The first-order chi connectivity index (χ1) is 8.34. The minimum atomic E-state index is -0.372. The summed E-state index contributed by atoms with van der Waals surface area (Å²) in [6.07, 6.45) is 5.12. The van der Waals surface area contributed by atoms with Crippen LogP contribution in [0.1, 0.15) is 5.56 Å². The second-order valence-corrected chi connectivity index (χ2v) is 3.33. The Morgan fingerprint density at radius 3 is 2.76 bits per heavy atom. The molecule has 5 nitrogen and oxygen atoms in total. The first-order valence-corrected chi connectivity index (χ1v) is 5.12. The molecule has 0 fully saturated rings. The number of nitrogens with zero attached hydrogens (tertiary/aromatic N) is 1. The fraction of sp³-hybridized carbons (Fsp3) is 0. The Morgan fingerprint density at radius 1 is 1.24 bits per heavy atom. The van der Waals surface area contributed by atoms with Gasteiger partial charge in [0.2, 0.25) is 0 Å². The SMILES string of the molecule is O=C(N/N=C/c1cc[nH]c1)Nc1ccccc1.